The van der Waals surface area contributed by atoms with E-state index < -0.39 is 13.0 Å². The maximum atomic E-state index is 12.4. The van der Waals surface area contributed by atoms with Crippen LogP contribution in [0.15, 0.2) is 76.1 Å². The summed E-state index contributed by atoms with van der Waals surface area (Å²) in [7, 11) is 1.89. The van der Waals surface area contributed by atoms with Gasteiger partial charge in [-0.25, -0.2) is 13.8 Å². The van der Waals surface area contributed by atoms with Crippen molar-refractivity contribution in [2.24, 2.45) is 22.4 Å². The van der Waals surface area contributed by atoms with Gasteiger partial charge in [0.2, 0.25) is 0 Å². The van der Waals surface area contributed by atoms with Crippen molar-refractivity contribution in [3.63, 3.8) is 0 Å². The number of nitrogens with two attached hydrogens (primary N) is 2. The standard InChI is InChI=1S/C21H29F2N7/c1-13(2)14(8-24)7-20(26)29-21-5-4-18-17(28-21)6-15(12-30(18)3)16(9-25)10-27-11-19(22)23/h4-10,12-13,18-19,25,27H,11,24,26H2,1-3H3,(H,28,29)/b14-8+,16-10+,20-7+,25-9?. The fourth-order valence-electron chi connectivity index (χ4n) is 2.95. The van der Waals surface area contributed by atoms with Crippen LogP contribution in [0.3, 0.4) is 0 Å². The van der Waals surface area contributed by atoms with E-state index in [-0.39, 0.29) is 12.0 Å². The number of nitrogens with one attached hydrogen (secondary N) is 3. The van der Waals surface area contributed by atoms with E-state index in [0.717, 1.165) is 17.5 Å². The lowest BCUT2D eigenvalue weighted by Gasteiger charge is -2.32. The van der Waals surface area contributed by atoms with Gasteiger partial charge in [-0.05, 0) is 35.9 Å². The minimum atomic E-state index is -2.47. The van der Waals surface area contributed by atoms with Gasteiger partial charge >= 0.3 is 0 Å². The zero-order valence-corrected chi connectivity index (χ0v) is 17.4. The van der Waals surface area contributed by atoms with Crippen LogP contribution in [0.4, 0.5) is 8.78 Å². The molecule has 1 atom stereocenters. The van der Waals surface area contributed by atoms with E-state index in [0.29, 0.717) is 22.8 Å². The van der Waals surface area contributed by atoms with Crippen LogP contribution in [0.1, 0.15) is 13.8 Å². The van der Waals surface area contributed by atoms with Gasteiger partial charge in [0, 0.05) is 36.8 Å². The number of dihydropyridines is 1. The second kappa shape index (κ2) is 10.4. The van der Waals surface area contributed by atoms with Gasteiger partial charge in [0.05, 0.1) is 18.3 Å². The number of halogens is 2. The fourth-order valence-corrected chi connectivity index (χ4v) is 2.95. The van der Waals surface area contributed by atoms with Crippen LogP contribution in [0.2, 0.25) is 0 Å². The van der Waals surface area contributed by atoms with Crippen molar-refractivity contribution < 1.29 is 8.78 Å². The number of aliphatic imine (C=N–C) groups is 1. The van der Waals surface area contributed by atoms with E-state index in [4.69, 9.17) is 16.9 Å². The summed E-state index contributed by atoms with van der Waals surface area (Å²) < 4.78 is 24.7. The number of rotatable bonds is 8. The van der Waals surface area contributed by atoms with Crippen molar-refractivity contribution in [1.82, 2.24) is 15.5 Å². The predicted octanol–water partition coefficient (Wildman–Crippen LogP) is 2.31. The molecule has 0 aromatic heterocycles. The Hall–Kier alpha value is -3.36. The third-order valence-corrected chi connectivity index (χ3v) is 4.55. The summed E-state index contributed by atoms with van der Waals surface area (Å²) in [5, 5.41) is 13.2. The van der Waals surface area contributed by atoms with Crippen molar-refractivity contribution >= 4 is 12.1 Å². The number of amidine groups is 1. The summed E-state index contributed by atoms with van der Waals surface area (Å²) in [6.45, 7) is 3.56. The molecular weight excluding hydrogens is 388 g/mol. The average molecular weight is 418 g/mol. The maximum absolute atomic E-state index is 12.4. The molecule has 2 heterocycles. The van der Waals surface area contributed by atoms with Gasteiger partial charge in [-0.15, -0.1) is 0 Å². The van der Waals surface area contributed by atoms with E-state index >= 15 is 0 Å². The molecule has 0 aromatic carbocycles. The molecule has 9 heteroatoms. The molecule has 0 radical (unpaired) electrons. The van der Waals surface area contributed by atoms with E-state index in [2.05, 4.69) is 15.6 Å². The van der Waals surface area contributed by atoms with Crippen molar-refractivity contribution in [3.05, 3.63) is 71.1 Å². The summed E-state index contributed by atoms with van der Waals surface area (Å²) in [6.07, 6.45) is 10.9. The second-order valence-corrected chi connectivity index (χ2v) is 7.21. The van der Waals surface area contributed by atoms with Crippen molar-refractivity contribution in [3.8, 4) is 0 Å². The number of likely N-dealkylation sites (N-methyl/N-ethyl adjacent to an activating group) is 1. The van der Waals surface area contributed by atoms with Crippen LogP contribution < -0.4 is 22.1 Å². The van der Waals surface area contributed by atoms with Crippen LogP contribution in [0, 0.1) is 11.3 Å². The molecule has 7 N–H and O–H groups in total. The van der Waals surface area contributed by atoms with Gasteiger partial charge < -0.3 is 32.4 Å². The predicted molar refractivity (Wildman–Crippen MR) is 118 cm³/mol. The zero-order chi connectivity index (χ0) is 22.3. The Bertz CT molecular complexity index is 861. The smallest absolute Gasteiger partial charge is 0.255 e. The molecule has 0 aliphatic carbocycles. The van der Waals surface area contributed by atoms with Crippen LogP contribution in [-0.4, -0.2) is 43.0 Å². The van der Waals surface area contributed by atoms with E-state index in [1.165, 1.54) is 12.4 Å². The first-order valence-electron chi connectivity index (χ1n) is 9.56. The number of alkyl halides is 2. The largest absolute Gasteiger partial charge is 0.404 e. The van der Waals surface area contributed by atoms with Gasteiger partial charge in [-0.3, -0.25) is 0 Å². The van der Waals surface area contributed by atoms with Gasteiger partial charge in [-0.1, -0.05) is 19.9 Å². The molecule has 0 bridgehead atoms. The van der Waals surface area contributed by atoms with Crippen LogP contribution in [0.5, 0.6) is 0 Å². The summed E-state index contributed by atoms with van der Waals surface area (Å²) in [6, 6.07) is -0.0688. The third kappa shape index (κ3) is 6.07. The average Bonchev–Trinajstić information content (AvgIpc) is 2.68. The molecule has 162 valence electrons. The summed E-state index contributed by atoms with van der Waals surface area (Å²) >= 11 is 0. The van der Waals surface area contributed by atoms with E-state index in [1.54, 1.807) is 6.08 Å². The normalized spacial score (nSPS) is 20.0. The summed E-state index contributed by atoms with van der Waals surface area (Å²) in [4.78, 5) is 6.57. The Morgan fingerprint density at radius 2 is 2.13 bits per heavy atom. The zero-order valence-electron chi connectivity index (χ0n) is 17.4. The molecule has 0 saturated carbocycles. The highest BCUT2D eigenvalue weighted by molar-refractivity contribution is 5.96. The first-order valence-corrected chi connectivity index (χ1v) is 9.56. The minimum absolute atomic E-state index is 0.0688. The summed E-state index contributed by atoms with van der Waals surface area (Å²) in [5.74, 6) is 1.22. The first kappa shape index (κ1) is 22.9. The molecule has 7 nitrogen and oxygen atoms in total. The Balaban J connectivity index is 2.23. The van der Waals surface area contributed by atoms with Crippen molar-refractivity contribution in [2.75, 3.05) is 13.6 Å². The van der Waals surface area contributed by atoms with Gasteiger partial charge in [0.15, 0.2) is 0 Å². The highest BCUT2D eigenvalue weighted by Gasteiger charge is 2.24. The second-order valence-electron chi connectivity index (χ2n) is 7.21. The quantitative estimate of drug-likeness (QED) is 0.307. The summed E-state index contributed by atoms with van der Waals surface area (Å²) in [5.41, 5.74) is 14.5. The topological polar surface area (TPSA) is 116 Å². The van der Waals surface area contributed by atoms with Crippen LogP contribution >= 0.6 is 0 Å². The Kier molecular flexibility index (Phi) is 7.97. The molecule has 0 fully saturated rings. The lowest BCUT2D eigenvalue weighted by atomic mass is 9.99. The highest BCUT2D eigenvalue weighted by atomic mass is 19.3. The molecular formula is C21H29F2N7. The Morgan fingerprint density at radius 1 is 1.40 bits per heavy atom. The molecule has 1 unspecified atom stereocenters. The lowest BCUT2D eigenvalue weighted by molar-refractivity contribution is 0.150. The molecule has 0 aromatic rings. The number of hydrogen-bond donors (Lipinski definition) is 5. The van der Waals surface area contributed by atoms with Crippen LogP contribution in [-0.2, 0) is 0 Å². The molecule has 2 rings (SSSR count). The van der Waals surface area contributed by atoms with Crippen LogP contribution in [0.25, 0.3) is 0 Å². The molecule has 2 aliphatic heterocycles. The molecule has 0 saturated heterocycles. The molecule has 30 heavy (non-hydrogen) atoms. The number of fused-ring (bicyclic) bond motifs is 1. The number of nitrogens with zero attached hydrogens (tertiary/aromatic N) is 2. The first-order chi connectivity index (χ1) is 14.2. The van der Waals surface area contributed by atoms with Gasteiger partial charge in [-0.2, -0.15) is 0 Å². The third-order valence-electron chi connectivity index (χ3n) is 4.55. The molecule has 0 spiro atoms. The molecule has 2 aliphatic rings. The Morgan fingerprint density at radius 3 is 2.73 bits per heavy atom. The van der Waals surface area contributed by atoms with Crippen molar-refractivity contribution in [2.45, 2.75) is 26.3 Å². The number of allylic oxidation sites excluding steroid dienone is 5. The van der Waals surface area contributed by atoms with E-state index in [9.17, 15) is 8.78 Å². The fraction of sp³-hybridized carbons (Fsp3) is 0.333. The van der Waals surface area contributed by atoms with Gasteiger partial charge in [0.25, 0.3) is 6.43 Å². The van der Waals surface area contributed by atoms with Gasteiger partial charge in [0.1, 0.15) is 11.7 Å². The van der Waals surface area contributed by atoms with Crippen molar-refractivity contribution in [1.29, 1.82) is 5.41 Å². The molecule has 0 amide bonds. The Labute approximate surface area is 175 Å². The lowest BCUT2D eigenvalue weighted by Crippen LogP contribution is -2.35. The maximum Gasteiger partial charge on any atom is 0.255 e. The monoisotopic (exact) mass is 417 g/mol. The number of hydrogen-bond acceptors (Lipinski definition) is 7. The minimum Gasteiger partial charge on any atom is -0.404 e. The highest BCUT2D eigenvalue weighted by Crippen LogP contribution is 2.27. The SMILES string of the molecule is CC(C)C(=C/N)/C=C(\N)NC1=NC2=CC(/C(C=N)=C/NCC(F)F)=CN(C)C2C=C1. The van der Waals surface area contributed by atoms with E-state index in [1.807, 2.05) is 50.2 Å².